The molecule has 5 rings (SSSR count). The Hall–Kier alpha value is -3.39. The normalized spacial score (nSPS) is 22.1. The molecular formula is C26H28N2O6. The van der Waals surface area contributed by atoms with Gasteiger partial charge < -0.3 is 25.2 Å². The van der Waals surface area contributed by atoms with Crippen molar-refractivity contribution < 1.29 is 29.3 Å². The summed E-state index contributed by atoms with van der Waals surface area (Å²) in [6.45, 7) is 0.0771. The monoisotopic (exact) mass is 464 g/mol. The van der Waals surface area contributed by atoms with Crippen molar-refractivity contribution in [2.75, 3.05) is 13.2 Å². The number of β-amino-alcohol motifs (C(OH)–C–C–N with tert-alkyl or cyclic N) is 1. The number of aliphatic hydroxyl groups excluding tert-OH is 1. The zero-order valence-corrected chi connectivity index (χ0v) is 18.7. The largest absolute Gasteiger partial charge is 0.480 e. The second-order valence-electron chi connectivity index (χ2n) is 9.44. The summed E-state index contributed by atoms with van der Waals surface area (Å²) in [5, 5.41) is 22.1. The highest BCUT2D eigenvalue weighted by molar-refractivity contribution is 5.90. The Balaban J connectivity index is 1.27. The van der Waals surface area contributed by atoms with Crippen LogP contribution in [0.2, 0.25) is 0 Å². The first-order valence-corrected chi connectivity index (χ1v) is 11.7. The van der Waals surface area contributed by atoms with Gasteiger partial charge in [0, 0.05) is 18.9 Å². The van der Waals surface area contributed by atoms with E-state index in [9.17, 15) is 24.6 Å². The highest BCUT2D eigenvalue weighted by Gasteiger charge is 2.43. The summed E-state index contributed by atoms with van der Waals surface area (Å²) in [4.78, 5) is 38.7. The van der Waals surface area contributed by atoms with E-state index in [-0.39, 0.29) is 25.5 Å². The Labute approximate surface area is 197 Å². The van der Waals surface area contributed by atoms with Gasteiger partial charge in [-0.15, -0.1) is 0 Å². The van der Waals surface area contributed by atoms with Crippen molar-refractivity contribution >= 4 is 18.0 Å². The van der Waals surface area contributed by atoms with Crippen molar-refractivity contribution in [2.24, 2.45) is 5.92 Å². The van der Waals surface area contributed by atoms with E-state index >= 15 is 0 Å². The lowest BCUT2D eigenvalue weighted by Crippen LogP contribution is -2.52. The number of alkyl carbamates (subject to hydrolysis) is 1. The van der Waals surface area contributed by atoms with Crippen LogP contribution in [-0.2, 0) is 14.3 Å². The molecule has 8 heteroatoms. The van der Waals surface area contributed by atoms with Crippen molar-refractivity contribution in [1.29, 1.82) is 0 Å². The molecule has 3 N–H and O–H groups in total. The Morgan fingerprint density at radius 3 is 2.24 bits per heavy atom. The number of amides is 2. The van der Waals surface area contributed by atoms with Gasteiger partial charge in [-0.25, -0.2) is 9.59 Å². The molecule has 2 fully saturated rings. The molecule has 1 heterocycles. The van der Waals surface area contributed by atoms with Crippen molar-refractivity contribution in [2.45, 2.75) is 49.8 Å². The number of hydrogen-bond donors (Lipinski definition) is 3. The number of carbonyl (C=O) groups excluding carboxylic acids is 2. The maximum atomic E-state index is 13.2. The summed E-state index contributed by atoms with van der Waals surface area (Å²) in [6.07, 6.45) is 0.778. The smallest absolute Gasteiger partial charge is 0.407 e. The van der Waals surface area contributed by atoms with E-state index in [2.05, 4.69) is 17.4 Å². The first-order valence-electron chi connectivity index (χ1n) is 11.7. The molecule has 1 saturated carbocycles. The van der Waals surface area contributed by atoms with E-state index in [1.54, 1.807) is 0 Å². The van der Waals surface area contributed by atoms with E-state index in [1.165, 1.54) is 4.90 Å². The molecule has 1 unspecified atom stereocenters. The number of benzene rings is 2. The van der Waals surface area contributed by atoms with Crippen LogP contribution in [0, 0.1) is 5.92 Å². The molecular weight excluding hydrogens is 436 g/mol. The number of carbonyl (C=O) groups is 3. The summed E-state index contributed by atoms with van der Waals surface area (Å²) in [7, 11) is 0. The third-order valence-corrected chi connectivity index (χ3v) is 7.05. The standard InChI is InChI=1S/C26H28N2O6/c29-16-12-23(25(31)32)28(13-16)24(30)22(11-15-9-10-15)27-26(33)34-14-21-19-7-3-1-5-17(19)18-6-2-4-8-20(18)21/h1-8,15-16,21-23,29H,9-14H2,(H,27,33)(H,31,32)/t16?,22-,23-/m0/s1. The summed E-state index contributed by atoms with van der Waals surface area (Å²) in [5.41, 5.74) is 4.44. The van der Waals surface area contributed by atoms with Crippen molar-refractivity contribution in [3.63, 3.8) is 0 Å². The number of rotatable bonds is 7. The molecule has 0 spiro atoms. The lowest BCUT2D eigenvalue weighted by Gasteiger charge is -2.27. The molecule has 0 radical (unpaired) electrons. The minimum absolute atomic E-state index is 0.0117. The zero-order valence-electron chi connectivity index (χ0n) is 18.7. The summed E-state index contributed by atoms with van der Waals surface area (Å²) in [5.74, 6) is -1.42. The van der Waals surface area contributed by atoms with Crippen LogP contribution in [-0.4, -0.2) is 64.4 Å². The molecule has 3 atom stereocenters. The molecule has 2 aliphatic carbocycles. The number of aliphatic hydroxyl groups is 1. The van der Waals surface area contributed by atoms with Gasteiger partial charge in [-0.3, -0.25) is 4.79 Å². The van der Waals surface area contributed by atoms with Gasteiger partial charge in [0.25, 0.3) is 0 Å². The van der Waals surface area contributed by atoms with Crippen molar-refractivity contribution in [3.8, 4) is 11.1 Å². The Morgan fingerprint density at radius 1 is 1.03 bits per heavy atom. The first-order chi connectivity index (χ1) is 16.4. The number of aliphatic carboxylic acids is 1. The number of carboxylic acids is 1. The maximum absolute atomic E-state index is 13.2. The fraction of sp³-hybridized carbons (Fsp3) is 0.423. The zero-order chi connectivity index (χ0) is 23.8. The highest BCUT2D eigenvalue weighted by atomic mass is 16.5. The lowest BCUT2D eigenvalue weighted by molar-refractivity contribution is -0.149. The quantitative estimate of drug-likeness (QED) is 0.580. The van der Waals surface area contributed by atoms with Crippen molar-refractivity contribution in [1.82, 2.24) is 10.2 Å². The summed E-state index contributed by atoms with van der Waals surface area (Å²) >= 11 is 0. The third-order valence-electron chi connectivity index (χ3n) is 7.05. The molecule has 1 aliphatic heterocycles. The van der Waals surface area contributed by atoms with Crippen LogP contribution >= 0.6 is 0 Å². The Bertz CT molecular complexity index is 1070. The molecule has 0 bridgehead atoms. The van der Waals surface area contributed by atoms with Gasteiger partial charge in [0.05, 0.1) is 6.10 Å². The predicted molar refractivity (Wildman–Crippen MR) is 123 cm³/mol. The molecule has 3 aliphatic rings. The first kappa shape index (κ1) is 22.4. The molecule has 34 heavy (non-hydrogen) atoms. The molecule has 0 aromatic heterocycles. The van der Waals surface area contributed by atoms with Gasteiger partial charge in [-0.1, -0.05) is 61.4 Å². The average Bonchev–Trinajstić information content (AvgIpc) is 3.47. The van der Waals surface area contributed by atoms with Crippen LogP contribution in [0.4, 0.5) is 4.79 Å². The summed E-state index contributed by atoms with van der Waals surface area (Å²) in [6, 6.07) is 14.1. The molecule has 2 amide bonds. The van der Waals surface area contributed by atoms with Crippen LogP contribution in [0.25, 0.3) is 11.1 Å². The fourth-order valence-corrected chi connectivity index (χ4v) is 5.18. The van der Waals surface area contributed by atoms with Gasteiger partial charge in [0.1, 0.15) is 18.7 Å². The summed E-state index contributed by atoms with van der Waals surface area (Å²) < 4.78 is 5.59. The minimum Gasteiger partial charge on any atom is -0.480 e. The predicted octanol–water partition coefficient (Wildman–Crippen LogP) is 2.74. The third kappa shape index (κ3) is 4.37. The molecule has 2 aromatic rings. The van der Waals surface area contributed by atoms with Crippen LogP contribution in [0.3, 0.4) is 0 Å². The molecule has 8 nitrogen and oxygen atoms in total. The molecule has 2 aromatic carbocycles. The SMILES string of the molecule is O=C(N[C@@H](CC1CC1)C(=O)N1CC(O)C[C@H]1C(=O)O)OCC1c2ccccc2-c2ccccc21. The second kappa shape index (κ2) is 9.10. The number of nitrogens with zero attached hydrogens (tertiary/aromatic N) is 1. The van der Waals surface area contributed by atoms with Gasteiger partial charge in [-0.2, -0.15) is 0 Å². The van der Waals surface area contributed by atoms with Gasteiger partial charge in [0.2, 0.25) is 5.91 Å². The van der Waals surface area contributed by atoms with Crippen LogP contribution < -0.4 is 5.32 Å². The van der Waals surface area contributed by atoms with Crippen LogP contribution in [0.5, 0.6) is 0 Å². The number of nitrogens with one attached hydrogen (secondary N) is 1. The van der Waals surface area contributed by atoms with E-state index in [0.717, 1.165) is 35.1 Å². The minimum atomic E-state index is -1.16. The topological polar surface area (TPSA) is 116 Å². The average molecular weight is 465 g/mol. The second-order valence-corrected chi connectivity index (χ2v) is 9.44. The maximum Gasteiger partial charge on any atom is 0.407 e. The van der Waals surface area contributed by atoms with Gasteiger partial charge in [-0.05, 0) is 34.6 Å². The number of fused-ring (bicyclic) bond motifs is 3. The fourth-order valence-electron chi connectivity index (χ4n) is 5.18. The molecule has 178 valence electrons. The van der Waals surface area contributed by atoms with Gasteiger partial charge in [0.15, 0.2) is 0 Å². The van der Waals surface area contributed by atoms with E-state index in [4.69, 9.17) is 4.74 Å². The van der Waals surface area contributed by atoms with Crippen LogP contribution in [0.1, 0.15) is 42.7 Å². The van der Waals surface area contributed by atoms with Gasteiger partial charge >= 0.3 is 12.1 Å². The van der Waals surface area contributed by atoms with E-state index < -0.39 is 36.2 Å². The number of likely N-dealkylation sites (tertiary alicyclic amines) is 1. The van der Waals surface area contributed by atoms with E-state index in [1.807, 2.05) is 36.4 Å². The number of ether oxygens (including phenoxy) is 1. The number of hydrogen-bond acceptors (Lipinski definition) is 5. The Kier molecular flexibility index (Phi) is 6.00. The van der Waals surface area contributed by atoms with Crippen molar-refractivity contribution in [3.05, 3.63) is 59.7 Å². The highest BCUT2D eigenvalue weighted by Crippen LogP contribution is 2.44. The molecule has 1 saturated heterocycles. The van der Waals surface area contributed by atoms with E-state index in [0.29, 0.717) is 12.3 Å². The number of carboxylic acid groups (broad SMARTS) is 1. The lowest BCUT2D eigenvalue weighted by atomic mass is 9.98. The van der Waals surface area contributed by atoms with Crippen LogP contribution in [0.15, 0.2) is 48.5 Å². The Morgan fingerprint density at radius 2 is 1.65 bits per heavy atom.